The number of nitrogens with zero attached hydrogens (tertiary/aromatic N) is 1. The molecular formula is C14H22N4O2S. The predicted molar refractivity (Wildman–Crippen MR) is 83.6 cm³/mol. The van der Waals surface area contributed by atoms with Crippen LogP contribution >= 0.6 is 0 Å². The molecule has 0 amide bonds. The SMILES string of the molecule is CN1CCC(NS(=O)(=O)Cc2ccccc2)(C(=N)N)CC1. The molecule has 0 spiro atoms. The molecule has 0 unspecified atom stereocenters. The van der Waals surface area contributed by atoms with Crippen LogP contribution in [-0.2, 0) is 15.8 Å². The molecule has 1 aromatic rings. The summed E-state index contributed by atoms with van der Waals surface area (Å²) in [5.41, 5.74) is 5.46. The Morgan fingerprint density at radius 1 is 1.33 bits per heavy atom. The van der Waals surface area contributed by atoms with E-state index in [0.717, 1.165) is 5.56 Å². The largest absolute Gasteiger partial charge is 0.386 e. The Morgan fingerprint density at radius 2 is 1.90 bits per heavy atom. The van der Waals surface area contributed by atoms with E-state index in [-0.39, 0.29) is 11.6 Å². The third-order valence-electron chi connectivity index (χ3n) is 3.91. The average molecular weight is 310 g/mol. The van der Waals surface area contributed by atoms with E-state index < -0.39 is 15.6 Å². The third kappa shape index (κ3) is 4.03. The van der Waals surface area contributed by atoms with E-state index in [1.165, 1.54) is 0 Å². The smallest absolute Gasteiger partial charge is 0.216 e. The fourth-order valence-electron chi connectivity index (χ4n) is 2.55. The fraction of sp³-hybridized carbons (Fsp3) is 0.500. The van der Waals surface area contributed by atoms with Crippen LogP contribution in [0.5, 0.6) is 0 Å². The molecule has 116 valence electrons. The Bertz CT molecular complexity index is 593. The minimum Gasteiger partial charge on any atom is -0.386 e. The highest BCUT2D eigenvalue weighted by atomic mass is 32.2. The number of piperidine rings is 1. The van der Waals surface area contributed by atoms with E-state index in [0.29, 0.717) is 25.9 Å². The summed E-state index contributed by atoms with van der Waals surface area (Å²) in [4.78, 5) is 2.10. The van der Waals surface area contributed by atoms with Crippen molar-refractivity contribution in [1.29, 1.82) is 5.41 Å². The predicted octanol–water partition coefficient (Wildman–Crippen LogP) is 0.506. The normalized spacial score (nSPS) is 19.3. The third-order valence-corrected chi connectivity index (χ3v) is 5.32. The maximum Gasteiger partial charge on any atom is 0.216 e. The highest BCUT2D eigenvalue weighted by Gasteiger charge is 2.40. The summed E-state index contributed by atoms with van der Waals surface area (Å²) < 4.78 is 27.4. The molecule has 0 saturated carbocycles. The minimum atomic E-state index is -3.54. The van der Waals surface area contributed by atoms with Gasteiger partial charge in [-0.15, -0.1) is 0 Å². The van der Waals surface area contributed by atoms with Crippen molar-refractivity contribution in [1.82, 2.24) is 9.62 Å². The van der Waals surface area contributed by atoms with E-state index in [1.54, 1.807) is 24.3 Å². The van der Waals surface area contributed by atoms with Crippen LogP contribution in [0.15, 0.2) is 30.3 Å². The number of nitrogens with two attached hydrogens (primary N) is 1. The summed E-state index contributed by atoms with van der Waals surface area (Å²) in [6, 6.07) is 9.00. The number of rotatable bonds is 5. The molecular weight excluding hydrogens is 288 g/mol. The number of nitrogens with one attached hydrogen (secondary N) is 2. The average Bonchev–Trinajstić information content (AvgIpc) is 2.41. The molecule has 4 N–H and O–H groups in total. The first-order valence-corrected chi connectivity index (χ1v) is 8.57. The summed E-state index contributed by atoms with van der Waals surface area (Å²) in [6.07, 6.45) is 1.04. The lowest BCUT2D eigenvalue weighted by Crippen LogP contribution is -2.61. The number of benzene rings is 1. The lowest BCUT2D eigenvalue weighted by atomic mass is 9.88. The summed E-state index contributed by atoms with van der Waals surface area (Å²) >= 11 is 0. The maximum atomic E-state index is 12.4. The molecule has 0 aromatic heterocycles. The molecule has 0 radical (unpaired) electrons. The molecule has 7 heteroatoms. The van der Waals surface area contributed by atoms with Gasteiger partial charge < -0.3 is 10.6 Å². The van der Waals surface area contributed by atoms with Gasteiger partial charge in [0.15, 0.2) is 0 Å². The van der Waals surface area contributed by atoms with Crippen LogP contribution in [-0.4, -0.2) is 44.8 Å². The van der Waals surface area contributed by atoms with Crippen LogP contribution in [0.25, 0.3) is 0 Å². The lowest BCUT2D eigenvalue weighted by Gasteiger charge is -2.39. The van der Waals surface area contributed by atoms with Crippen LogP contribution in [0, 0.1) is 5.41 Å². The Morgan fingerprint density at radius 3 is 2.43 bits per heavy atom. The Balaban J connectivity index is 2.15. The second-order valence-electron chi connectivity index (χ2n) is 5.65. The van der Waals surface area contributed by atoms with Gasteiger partial charge in [-0.25, -0.2) is 13.1 Å². The molecule has 0 aliphatic carbocycles. The number of amidine groups is 1. The van der Waals surface area contributed by atoms with Gasteiger partial charge in [-0.05, 0) is 25.5 Å². The van der Waals surface area contributed by atoms with Gasteiger partial charge in [0.2, 0.25) is 10.0 Å². The zero-order chi connectivity index (χ0) is 15.5. The van der Waals surface area contributed by atoms with Crippen molar-refractivity contribution in [2.45, 2.75) is 24.1 Å². The van der Waals surface area contributed by atoms with Crippen LogP contribution < -0.4 is 10.5 Å². The molecule has 1 aliphatic rings. The molecule has 1 saturated heterocycles. The Labute approximate surface area is 125 Å². The number of hydrogen-bond donors (Lipinski definition) is 3. The second-order valence-corrected chi connectivity index (χ2v) is 7.37. The molecule has 1 aliphatic heterocycles. The molecule has 1 fully saturated rings. The maximum absolute atomic E-state index is 12.4. The fourth-order valence-corrected chi connectivity index (χ4v) is 4.17. The van der Waals surface area contributed by atoms with Gasteiger partial charge in [0.25, 0.3) is 0 Å². The van der Waals surface area contributed by atoms with Gasteiger partial charge in [-0.3, -0.25) is 5.41 Å². The van der Waals surface area contributed by atoms with Gasteiger partial charge in [-0.2, -0.15) is 0 Å². The monoisotopic (exact) mass is 310 g/mol. The van der Waals surface area contributed by atoms with Gasteiger partial charge in [0, 0.05) is 13.1 Å². The van der Waals surface area contributed by atoms with Crippen molar-refractivity contribution < 1.29 is 8.42 Å². The summed E-state index contributed by atoms with van der Waals surface area (Å²) in [7, 11) is -1.57. The van der Waals surface area contributed by atoms with Crippen LogP contribution in [0.3, 0.4) is 0 Å². The first-order valence-electron chi connectivity index (χ1n) is 6.92. The summed E-state index contributed by atoms with van der Waals surface area (Å²) in [6.45, 7) is 1.43. The second kappa shape index (κ2) is 6.13. The number of sulfonamides is 1. The molecule has 1 aromatic carbocycles. The van der Waals surface area contributed by atoms with Crippen LogP contribution in [0.4, 0.5) is 0 Å². The lowest BCUT2D eigenvalue weighted by molar-refractivity contribution is 0.218. The van der Waals surface area contributed by atoms with Gasteiger partial charge in [0.05, 0.1) is 11.3 Å². The van der Waals surface area contributed by atoms with E-state index in [4.69, 9.17) is 11.1 Å². The minimum absolute atomic E-state index is 0.0985. The first-order chi connectivity index (χ1) is 9.83. The van der Waals surface area contributed by atoms with Crippen molar-refractivity contribution in [3.8, 4) is 0 Å². The van der Waals surface area contributed by atoms with Crippen molar-refractivity contribution in [3.05, 3.63) is 35.9 Å². The summed E-state index contributed by atoms with van der Waals surface area (Å²) in [5.74, 6) is -0.203. The molecule has 0 bridgehead atoms. The van der Waals surface area contributed by atoms with Gasteiger partial charge in [0.1, 0.15) is 5.84 Å². The van der Waals surface area contributed by atoms with Gasteiger partial charge >= 0.3 is 0 Å². The van der Waals surface area contributed by atoms with Gasteiger partial charge in [-0.1, -0.05) is 30.3 Å². The molecule has 21 heavy (non-hydrogen) atoms. The zero-order valence-electron chi connectivity index (χ0n) is 12.2. The number of hydrogen-bond acceptors (Lipinski definition) is 4. The van der Waals surface area contributed by atoms with Crippen LogP contribution in [0.2, 0.25) is 0 Å². The van der Waals surface area contributed by atoms with Crippen molar-refractivity contribution in [3.63, 3.8) is 0 Å². The highest BCUT2D eigenvalue weighted by Crippen LogP contribution is 2.23. The van der Waals surface area contributed by atoms with Crippen LogP contribution in [0.1, 0.15) is 18.4 Å². The Hall–Kier alpha value is -1.44. The molecule has 6 nitrogen and oxygen atoms in total. The standard InChI is InChI=1S/C14H22N4O2S/c1-18-9-7-14(8-10-18,13(15)16)17-21(19,20)11-12-5-3-2-4-6-12/h2-6,17H,7-11H2,1H3,(H3,15,16). The van der Waals surface area contributed by atoms with Crippen molar-refractivity contribution in [2.75, 3.05) is 20.1 Å². The van der Waals surface area contributed by atoms with Crippen molar-refractivity contribution >= 4 is 15.9 Å². The highest BCUT2D eigenvalue weighted by molar-refractivity contribution is 7.88. The van der Waals surface area contributed by atoms with E-state index in [2.05, 4.69) is 9.62 Å². The quantitative estimate of drug-likeness (QED) is 0.545. The zero-order valence-corrected chi connectivity index (χ0v) is 13.0. The van der Waals surface area contributed by atoms with E-state index >= 15 is 0 Å². The van der Waals surface area contributed by atoms with E-state index in [1.807, 2.05) is 13.1 Å². The summed E-state index contributed by atoms with van der Waals surface area (Å²) in [5, 5.41) is 7.79. The Kier molecular flexibility index (Phi) is 4.65. The molecule has 2 rings (SSSR count). The first kappa shape index (κ1) is 15.9. The van der Waals surface area contributed by atoms with E-state index in [9.17, 15) is 8.42 Å². The topological polar surface area (TPSA) is 99.3 Å². The number of likely N-dealkylation sites (tertiary alicyclic amines) is 1. The molecule has 0 atom stereocenters. The molecule has 1 heterocycles. The van der Waals surface area contributed by atoms with Crippen molar-refractivity contribution in [2.24, 2.45) is 5.73 Å².